The van der Waals surface area contributed by atoms with Crippen molar-refractivity contribution in [2.24, 2.45) is 5.92 Å². The van der Waals surface area contributed by atoms with E-state index in [0.29, 0.717) is 12.0 Å². The quantitative estimate of drug-likeness (QED) is 0.772. The molecule has 0 saturated carbocycles. The van der Waals surface area contributed by atoms with Crippen LogP contribution in [0.5, 0.6) is 0 Å². The van der Waals surface area contributed by atoms with Crippen molar-refractivity contribution in [3.05, 3.63) is 29.3 Å². The van der Waals surface area contributed by atoms with E-state index in [1.54, 1.807) is 0 Å². The monoisotopic (exact) mass is 257 g/mol. The van der Waals surface area contributed by atoms with Gasteiger partial charge >= 0.3 is 0 Å². The zero-order chi connectivity index (χ0) is 12.0. The van der Waals surface area contributed by atoms with Crippen LogP contribution in [0.3, 0.4) is 0 Å². The summed E-state index contributed by atoms with van der Waals surface area (Å²) in [6.45, 7) is 4.53. The Morgan fingerprint density at radius 3 is 2.44 bits per heavy atom. The highest BCUT2D eigenvalue weighted by atomic mass is 35.5. The molecule has 0 saturated heterocycles. The van der Waals surface area contributed by atoms with Crippen LogP contribution in [0.1, 0.15) is 20.3 Å². The van der Waals surface area contributed by atoms with Crippen molar-refractivity contribution in [2.75, 3.05) is 12.8 Å². The first kappa shape index (κ1) is 13.9. The van der Waals surface area contributed by atoms with Gasteiger partial charge in [0.2, 0.25) is 0 Å². The standard InChI is InChI=1S/C13H20ClNS/c1-4-10(2)13(15-3)9-16-12-7-5-11(14)6-8-12/h5-8,10,13,15H,4,9H2,1-3H3. The molecule has 2 atom stereocenters. The number of benzene rings is 1. The number of nitrogens with one attached hydrogen (secondary N) is 1. The lowest BCUT2D eigenvalue weighted by Gasteiger charge is -2.21. The van der Waals surface area contributed by atoms with E-state index < -0.39 is 0 Å². The van der Waals surface area contributed by atoms with Crippen molar-refractivity contribution in [3.8, 4) is 0 Å². The second-order valence-electron chi connectivity index (χ2n) is 4.05. The molecule has 1 aromatic rings. The van der Waals surface area contributed by atoms with Gasteiger partial charge in [0, 0.05) is 21.7 Å². The van der Waals surface area contributed by atoms with E-state index in [2.05, 4.69) is 31.3 Å². The van der Waals surface area contributed by atoms with Gasteiger partial charge in [-0.1, -0.05) is 31.9 Å². The lowest BCUT2D eigenvalue weighted by molar-refractivity contribution is 0.420. The number of hydrogen-bond donors (Lipinski definition) is 1. The molecule has 0 aliphatic heterocycles. The molecule has 0 heterocycles. The summed E-state index contributed by atoms with van der Waals surface area (Å²) in [5, 5.41) is 4.19. The van der Waals surface area contributed by atoms with E-state index >= 15 is 0 Å². The van der Waals surface area contributed by atoms with E-state index in [9.17, 15) is 0 Å². The van der Waals surface area contributed by atoms with Crippen LogP contribution in [0.4, 0.5) is 0 Å². The van der Waals surface area contributed by atoms with Crippen molar-refractivity contribution < 1.29 is 0 Å². The second kappa shape index (κ2) is 7.21. The van der Waals surface area contributed by atoms with Crippen molar-refractivity contribution >= 4 is 23.4 Å². The molecule has 90 valence electrons. The van der Waals surface area contributed by atoms with Crippen LogP contribution < -0.4 is 5.32 Å². The molecule has 0 aromatic heterocycles. The summed E-state index contributed by atoms with van der Waals surface area (Å²) < 4.78 is 0. The van der Waals surface area contributed by atoms with Crippen LogP contribution in [0.15, 0.2) is 29.2 Å². The van der Waals surface area contributed by atoms with Crippen molar-refractivity contribution in [3.63, 3.8) is 0 Å². The average Bonchev–Trinajstić information content (AvgIpc) is 2.31. The minimum absolute atomic E-state index is 0.575. The van der Waals surface area contributed by atoms with Crippen molar-refractivity contribution in [2.45, 2.75) is 31.2 Å². The normalized spacial score (nSPS) is 14.8. The first-order valence-electron chi connectivity index (χ1n) is 5.73. The minimum Gasteiger partial charge on any atom is -0.316 e. The lowest BCUT2D eigenvalue weighted by atomic mass is 10.0. The average molecular weight is 258 g/mol. The van der Waals surface area contributed by atoms with Gasteiger partial charge in [-0.2, -0.15) is 0 Å². The molecule has 3 heteroatoms. The molecule has 0 amide bonds. The summed E-state index contributed by atoms with van der Waals surface area (Å²) in [5.74, 6) is 1.82. The highest BCUT2D eigenvalue weighted by molar-refractivity contribution is 7.99. The molecule has 1 aromatic carbocycles. The van der Waals surface area contributed by atoms with Crippen LogP contribution in [0.2, 0.25) is 5.02 Å². The molecule has 0 radical (unpaired) electrons. The molecule has 1 rings (SSSR count). The summed E-state index contributed by atoms with van der Waals surface area (Å²) in [5.41, 5.74) is 0. The van der Waals surface area contributed by atoms with Crippen molar-refractivity contribution in [1.29, 1.82) is 0 Å². The highest BCUT2D eigenvalue weighted by Gasteiger charge is 2.13. The van der Waals surface area contributed by atoms with Crippen LogP contribution >= 0.6 is 23.4 Å². The van der Waals surface area contributed by atoms with Gasteiger partial charge in [0.05, 0.1) is 0 Å². The Morgan fingerprint density at radius 1 is 1.31 bits per heavy atom. The fourth-order valence-corrected chi connectivity index (χ4v) is 2.86. The van der Waals surface area contributed by atoms with E-state index in [0.717, 1.165) is 10.8 Å². The minimum atomic E-state index is 0.575. The SMILES string of the molecule is CCC(C)C(CSc1ccc(Cl)cc1)NC. The maximum absolute atomic E-state index is 5.85. The first-order valence-corrected chi connectivity index (χ1v) is 7.09. The van der Waals surface area contributed by atoms with E-state index in [-0.39, 0.29) is 0 Å². The smallest absolute Gasteiger partial charge is 0.0406 e. The second-order valence-corrected chi connectivity index (χ2v) is 5.58. The lowest BCUT2D eigenvalue weighted by Crippen LogP contribution is -2.34. The zero-order valence-electron chi connectivity index (χ0n) is 10.2. The Bertz CT molecular complexity index is 299. The highest BCUT2D eigenvalue weighted by Crippen LogP contribution is 2.23. The summed E-state index contributed by atoms with van der Waals surface area (Å²) in [6, 6.07) is 8.63. The van der Waals surface area contributed by atoms with Crippen molar-refractivity contribution in [1.82, 2.24) is 5.32 Å². The Balaban J connectivity index is 2.46. The van der Waals surface area contributed by atoms with Crippen LogP contribution in [-0.2, 0) is 0 Å². The van der Waals surface area contributed by atoms with E-state index in [1.165, 1.54) is 11.3 Å². The summed E-state index contributed by atoms with van der Waals surface area (Å²) in [7, 11) is 2.04. The van der Waals surface area contributed by atoms with Gasteiger partial charge in [-0.05, 0) is 37.2 Å². The fraction of sp³-hybridized carbons (Fsp3) is 0.538. The maximum Gasteiger partial charge on any atom is 0.0406 e. The van der Waals surface area contributed by atoms with Gasteiger partial charge in [0.25, 0.3) is 0 Å². The summed E-state index contributed by atoms with van der Waals surface area (Å²) >= 11 is 7.74. The van der Waals surface area contributed by atoms with E-state index in [1.807, 2.05) is 30.9 Å². The predicted molar refractivity (Wildman–Crippen MR) is 74.5 cm³/mol. The molecule has 1 nitrogen and oxygen atoms in total. The molecule has 0 aliphatic carbocycles. The number of thioether (sulfide) groups is 1. The van der Waals surface area contributed by atoms with Crippen LogP contribution in [-0.4, -0.2) is 18.8 Å². The molecule has 2 unspecified atom stereocenters. The van der Waals surface area contributed by atoms with Gasteiger partial charge < -0.3 is 5.32 Å². The number of hydrogen-bond acceptors (Lipinski definition) is 2. The summed E-state index contributed by atoms with van der Waals surface area (Å²) in [4.78, 5) is 1.29. The summed E-state index contributed by atoms with van der Waals surface area (Å²) in [6.07, 6.45) is 1.21. The van der Waals surface area contributed by atoms with Gasteiger partial charge in [-0.25, -0.2) is 0 Å². The van der Waals surface area contributed by atoms with Gasteiger partial charge in [0.15, 0.2) is 0 Å². The maximum atomic E-state index is 5.85. The van der Waals surface area contributed by atoms with Crippen LogP contribution in [0, 0.1) is 5.92 Å². The molecular weight excluding hydrogens is 238 g/mol. The molecule has 1 N–H and O–H groups in total. The largest absolute Gasteiger partial charge is 0.316 e. The molecule has 0 aliphatic rings. The Kier molecular flexibility index (Phi) is 6.25. The Morgan fingerprint density at radius 2 is 1.94 bits per heavy atom. The molecule has 0 bridgehead atoms. The third-order valence-electron chi connectivity index (χ3n) is 2.94. The van der Waals surface area contributed by atoms with Gasteiger partial charge in [0.1, 0.15) is 0 Å². The zero-order valence-corrected chi connectivity index (χ0v) is 11.7. The number of rotatable bonds is 6. The third-order valence-corrected chi connectivity index (χ3v) is 4.33. The first-order chi connectivity index (χ1) is 7.67. The molecular formula is C13H20ClNS. The fourth-order valence-electron chi connectivity index (χ4n) is 1.53. The van der Waals surface area contributed by atoms with E-state index in [4.69, 9.17) is 11.6 Å². The third kappa shape index (κ3) is 4.36. The number of halogens is 1. The Labute approximate surface area is 108 Å². The molecule has 0 fully saturated rings. The van der Waals surface area contributed by atoms with Gasteiger partial charge in [-0.3, -0.25) is 0 Å². The molecule has 16 heavy (non-hydrogen) atoms. The predicted octanol–water partition coefficient (Wildman–Crippen LogP) is 4.07. The Hall–Kier alpha value is -0.180. The molecule has 0 spiro atoms. The van der Waals surface area contributed by atoms with Crippen LogP contribution in [0.25, 0.3) is 0 Å². The van der Waals surface area contributed by atoms with Gasteiger partial charge in [-0.15, -0.1) is 11.8 Å². The topological polar surface area (TPSA) is 12.0 Å².